The molecule has 6 nitrogen and oxygen atoms in total. The Morgan fingerprint density at radius 1 is 1.62 bits per heavy atom. The Balaban J connectivity index is 2.89. The van der Waals surface area contributed by atoms with Crippen LogP contribution in [0.3, 0.4) is 0 Å². The monoisotopic (exact) mass is 221 g/mol. The number of methoxy groups -OCH3 is 1. The van der Waals surface area contributed by atoms with E-state index in [1.54, 1.807) is 6.07 Å². The molecule has 6 heteroatoms. The van der Waals surface area contributed by atoms with Gasteiger partial charge in [-0.15, -0.1) is 0 Å². The lowest BCUT2D eigenvalue weighted by Crippen LogP contribution is -2.02. The number of azide groups is 1. The minimum atomic E-state index is -0.594. The van der Waals surface area contributed by atoms with Crippen molar-refractivity contribution in [1.82, 2.24) is 0 Å². The number of nitrogens with zero attached hydrogens (tertiary/aromatic N) is 3. The standard InChI is InChI=1S/C10H11N3O3/c1-16-10(15)8-6-7(2-3-9(8)14)4-5-12-13-11/h2-3,6,14H,4-5H2,1H3. The lowest BCUT2D eigenvalue weighted by atomic mass is 10.1. The average Bonchev–Trinajstić information content (AvgIpc) is 2.30. The van der Waals surface area contributed by atoms with Gasteiger partial charge in [0.2, 0.25) is 0 Å². The van der Waals surface area contributed by atoms with E-state index in [9.17, 15) is 9.90 Å². The molecular weight excluding hydrogens is 210 g/mol. The van der Waals surface area contributed by atoms with Gasteiger partial charge in [-0.2, -0.15) is 0 Å². The van der Waals surface area contributed by atoms with Crippen LogP contribution in [0.4, 0.5) is 0 Å². The lowest BCUT2D eigenvalue weighted by Gasteiger charge is -2.05. The fraction of sp³-hybridized carbons (Fsp3) is 0.300. The number of esters is 1. The van der Waals surface area contributed by atoms with Crippen LogP contribution in [-0.2, 0) is 11.2 Å². The van der Waals surface area contributed by atoms with Crippen LogP contribution in [-0.4, -0.2) is 24.7 Å². The fourth-order valence-corrected chi connectivity index (χ4v) is 1.24. The first kappa shape index (κ1) is 11.9. The average molecular weight is 221 g/mol. The van der Waals surface area contributed by atoms with Gasteiger partial charge in [0.1, 0.15) is 11.3 Å². The van der Waals surface area contributed by atoms with Crippen molar-refractivity contribution in [3.8, 4) is 5.75 Å². The first-order valence-corrected chi connectivity index (χ1v) is 4.60. The summed E-state index contributed by atoms with van der Waals surface area (Å²) >= 11 is 0. The zero-order chi connectivity index (χ0) is 12.0. The van der Waals surface area contributed by atoms with Gasteiger partial charge in [-0.05, 0) is 29.6 Å². The third kappa shape index (κ3) is 2.90. The van der Waals surface area contributed by atoms with E-state index in [1.807, 2.05) is 0 Å². The maximum absolute atomic E-state index is 11.3. The second-order valence-corrected chi connectivity index (χ2v) is 3.05. The highest BCUT2D eigenvalue weighted by Gasteiger charge is 2.11. The summed E-state index contributed by atoms with van der Waals surface area (Å²) in [7, 11) is 1.24. The number of carbonyl (C=O) groups is 1. The van der Waals surface area contributed by atoms with E-state index in [4.69, 9.17) is 5.53 Å². The highest BCUT2D eigenvalue weighted by atomic mass is 16.5. The predicted octanol–water partition coefficient (Wildman–Crippen LogP) is 2.03. The summed E-state index contributed by atoms with van der Waals surface area (Å²) in [4.78, 5) is 13.9. The van der Waals surface area contributed by atoms with Crippen LogP contribution in [0.15, 0.2) is 23.3 Å². The van der Waals surface area contributed by atoms with Crippen LogP contribution in [0, 0.1) is 0 Å². The molecule has 0 saturated heterocycles. The molecule has 1 N–H and O–H groups in total. The normalized spacial score (nSPS) is 9.31. The van der Waals surface area contributed by atoms with E-state index in [2.05, 4.69) is 14.8 Å². The summed E-state index contributed by atoms with van der Waals surface area (Å²) in [5.74, 6) is -0.720. The van der Waals surface area contributed by atoms with Crippen molar-refractivity contribution in [3.63, 3.8) is 0 Å². The number of benzene rings is 1. The molecule has 0 aromatic heterocycles. The molecule has 0 atom stereocenters. The molecule has 0 fully saturated rings. The molecule has 0 radical (unpaired) electrons. The number of rotatable bonds is 4. The van der Waals surface area contributed by atoms with Gasteiger partial charge in [-0.25, -0.2) is 4.79 Å². The Morgan fingerprint density at radius 2 is 2.38 bits per heavy atom. The highest BCUT2D eigenvalue weighted by molar-refractivity contribution is 5.92. The SMILES string of the molecule is COC(=O)c1cc(CCN=[N+]=[N-])ccc1O. The van der Waals surface area contributed by atoms with Crippen LogP contribution < -0.4 is 0 Å². The molecular formula is C10H11N3O3. The second kappa shape index (κ2) is 5.63. The van der Waals surface area contributed by atoms with Crippen molar-refractivity contribution in [3.05, 3.63) is 39.8 Å². The molecule has 0 bridgehead atoms. The van der Waals surface area contributed by atoms with Gasteiger partial charge < -0.3 is 9.84 Å². The summed E-state index contributed by atoms with van der Waals surface area (Å²) in [6.45, 7) is 0.307. The minimum Gasteiger partial charge on any atom is -0.507 e. The van der Waals surface area contributed by atoms with E-state index < -0.39 is 5.97 Å². The lowest BCUT2D eigenvalue weighted by molar-refractivity contribution is 0.0597. The number of hydrogen-bond donors (Lipinski definition) is 1. The molecule has 0 spiro atoms. The van der Waals surface area contributed by atoms with Crippen LogP contribution in [0.25, 0.3) is 10.4 Å². The van der Waals surface area contributed by atoms with Crippen LogP contribution in [0.1, 0.15) is 15.9 Å². The van der Waals surface area contributed by atoms with Gasteiger partial charge in [-0.3, -0.25) is 0 Å². The number of hydrogen-bond acceptors (Lipinski definition) is 4. The fourth-order valence-electron chi connectivity index (χ4n) is 1.24. The summed E-state index contributed by atoms with van der Waals surface area (Å²) < 4.78 is 4.52. The van der Waals surface area contributed by atoms with Gasteiger partial charge >= 0.3 is 5.97 Å². The maximum Gasteiger partial charge on any atom is 0.341 e. The van der Waals surface area contributed by atoms with Gasteiger partial charge in [-0.1, -0.05) is 11.2 Å². The molecule has 84 valence electrons. The topological polar surface area (TPSA) is 95.3 Å². The van der Waals surface area contributed by atoms with Gasteiger partial charge in [0.15, 0.2) is 0 Å². The Labute approximate surface area is 92.1 Å². The van der Waals surface area contributed by atoms with Crippen molar-refractivity contribution in [2.45, 2.75) is 6.42 Å². The smallest absolute Gasteiger partial charge is 0.341 e. The zero-order valence-corrected chi connectivity index (χ0v) is 8.75. The van der Waals surface area contributed by atoms with E-state index in [0.717, 1.165) is 5.56 Å². The quantitative estimate of drug-likeness (QED) is 0.364. The number of phenols is 1. The number of carbonyl (C=O) groups excluding carboxylic acids is 1. The second-order valence-electron chi connectivity index (χ2n) is 3.05. The first-order chi connectivity index (χ1) is 7.69. The maximum atomic E-state index is 11.3. The molecule has 0 aliphatic carbocycles. The van der Waals surface area contributed by atoms with Crippen LogP contribution in [0.5, 0.6) is 5.75 Å². The molecule has 0 heterocycles. The summed E-state index contributed by atoms with van der Waals surface area (Å²) in [6, 6.07) is 4.60. The van der Waals surface area contributed by atoms with Crippen molar-refractivity contribution < 1.29 is 14.6 Å². The van der Waals surface area contributed by atoms with Crippen LogP contribution >= 0.6 is 0 Å². The highest BCUT2D eigenvalue weighted by Crippen LogP contribution is 2.19. The van der Waals surface area contributed by atoms with Crippen molar-refractivity contribution in [1.29, 1.82) is 0 Å². The third-order valence-electron chi connectivity index (χ3n) is 2.03. The molecule has 0 aliphatic rings. The summed E-state index contributed by atoms with van der Waals surface area (Å²) in [6.07, 6.45) is 0.508. The Morgan fingerprint density at radius 3 is 3.00 bits per heavy atom. The Hall–Kier alpha value is -2.20. The van der Waals surface area contributed by atoms with Gasteiger partial charge in [0, 0.05) is 11.5 Å². The molecule has 1 aromatic carbocycles. The Kier molecular flexibility index (Phi) is 4.17. The van der Waals surface area contributed by atoms with Crippen molar-refractivity contribution in [2.24, 2.45) is 5.11 Å². The molecule has 0 amide bonds. The van der Waals surface area contributed by atoms with Gasteiger partial charge in [0.25, 0.3) is 0 Å². The van der Waals surface area contributed by atoms with E-state index in [-0.39, 0.29) is 11.3 Å². The first-order valence-electron chi connectivity index (χ1n) is 4.60. The molecule has 0 unspecified atom stereocenters. The van der Waals surface area contributed by atoms with Crippen molar-refractivity contribution in [2.75, 3.05) is 13.7 Å². The van der Waals surface area contributed by atoms with E-state index >= 15 is 0 Å². The predicted molar refractivity (Wildman–Crippen MR) is 57.2 cm³/mol. The minimum absolute atomic E-state index is 0.112. The summed E-state index contributed by atoms with van der Waals surface area (Å²) in [5.41, 5.74) is 9.02. The molecule has 1 aromatic rings. The van der Waals surface area contributed by atoms with E-state index in [0.29, 0.717) is 13.0 Å². The molecule has 1 rings (SSSR count). The number of ether oxygens (including phenoxy) is 1. The molecule has 16 heavy (non-hydrogen) atoms. The number of phenolic OH excluding ortho intramolecular Hbond substituents is 1. The van der Waals surface area contributed by atoms with Gasteiger partial charge in [0.05, 0.1) is 7.11 Å². The number of aromatic hydroxyl groups is 1. The van der Waals surface area contributed by atoms with Crippen molar-refractivity contribution >= 4 is 5.97 Å². The molecule has 0 saturated carbocycles. The Bertz CT molecular complexity index is 439. The largest absolute Gasteiger partial charge is 0.507 e. The van der Waals surface area contributed by atoms with Crippen LogP contribution in [0.2, 0.25) is 0 Å². The van der Waals surface area contributed by atoms with E-state index in [1.165, 1.54) is 19.2 Å². The summed E-state index contributed by atoms with van der Waals surface area (Å²) in [5, 5.41) is 12.8. The zero-order valence-electron chi connectivity index (χ0n) is 8.75. The third-order valence-corrected chi connectivity index (χ3v) is 2.03. The molecule has 0 aliphatic heterocycles.